The number of aromatic nitrogens is 3. The zero-order valence-corrected chi connectivity index (χ0v) is 10.8. The van der Waals surface area contributed by atoms with Crippen LogP contribution in [0.1, 0.15) is 21.1 Å². The number of nitrogens with zero attached hydrogens (tertiary/aromatic N) is 3. The fraction of sp³-hybridized carbons (Fsp3) is 0.364. The van der Waals surface area contributed by atoms with Gasteiger partial charge in [-0.15, -0.1) is 11.3 Å². The molecule has 18 heavy (non-hydrogen) atoms. The van der Waals surface area contributed by atoms with Gasteiger partial charge in [0.25, 0.3) is 0 Å². The standard InChI is InChI=1S/C11H14N4O2S/c1-15-7-13-10(14-15)2-3-12-5-9-4-8(6-18-9)11(16)17/h4,6-7,12H,2-3,5H2,1H3,(H,16,17). The fourth-order valence-corrected chi connectivity index (χ4v) is 2.32. The van der Waals surface area contributed by atoms with Crippen LogP contribution in [0.2, 0.25) is 0 Å². The molecule has 7 heteroatoms. The van der Waals surface area contributed by atoms with Crippen LogP contribution in [0.3, 0.4) is 0 Å². The summed E-state index contributed by atoms with van der Waals surface area (Å²) in [5.41, 5.74) is 0.350. The van der Waals surface area contributed by atoms with E-state index in [0.717, 1.165) is 23.7 Å². The molecule has 6 nitrogen and oxygen atoms in total. The molecule has 2 heterocycles. The summed E-state index contributed by atoms with van der Waals surface area (Å²) in [4.78, 5) is 15.8. The lowest BCUT2D eigenvalue weighted by molar-refractivity contribution is 0.0697. The second-order valence-corrected chi connectivity index (χ2v) is 4.86. The molecule has 0 aliphatic heterocycles. The molecular weight excluding hydrogens is 252 g/mol. The molecule has 0 amide bonds. The Morgan fingerprint density at radius 3 is 3.06 bits per heavy atom. The molecule has 0 saturated carbocycles. The number of thiophene rings is 1. The minimum absolute atomic E-state index is 0.350. The van der Waals surface area contributed by atoms with Crippen LogP contribution >= 0.6 is 11.3 Å². The first-order chi connectivity index (χ1) is 8.65. The number of rotatable bonds is 6. The molecular formula is C11H14N4O2S. The SMILES string of the molecule is Cn1cnc(CCNCc2cc(C(=O)O)cs2)n1. The minimum atomic E-state index is -0.879. The normalized spacial score (nSPS) is 10.7. The number of carboxylic acid groups (broad SMARTS) is 1. The van der Waals surface area contributed by atoms with Crippen molar-refractivity contribution in [2.24, 2.45) is 7.05 Å². The Kier molecular flexibility index (Phi) is 4.06. The van der Waals surface area contributed by atoms with Gasteiger partial charge in [0, 0.05) is 36.8 Å². The maximum atomic E-state index is 10.7. The van der Waals surface area contributed by atoms with Gasteiger partial charge in [-0.2, -0.15) is 5.10 Å². The molecule has 2 N–H and O–H groups in total. The number of aromatic carboxylic acids is 1. The summed E-state index contributed by atoms with van der Waals surface area (Å²) in [5, 5.41) is 17.9. The third-order valence-electron chi connectivity index (χ3n) is 2.37. The molecule has 2 rings (SSSR count). The lowest BCUT2D eigenvalue weighted by atomic mass is 10.3. The van der Waals surface area contributed by atoms with Crippen molar-refractivity contribution in [2.75, 3.05) is 6.54 Å². The third kappa shape index (κ3) is 3.38. The van der Waals surface area contributed by atoms with Crippen molar-refractivity contribution in [3.8, 4) is 0 Å². The van der Waals surface area contributed by atoms with E-state index in [1.54, 1.807) is 22.5 Å². The van der Waals surface area contributed by atoms with E-state index in [1.807, 2.05) is 7.05 Å². The fourth-order valence-electron chi connectivity index (χ4n) is 1.50. The van der Waals surface area contributed by atoms with Crippen molar-refractivity contribution in [3.05, 3.63) is 34.0 Å². The predicted molar refractivity (Wildman–Crippen MR) is 67.7 cm³/mol. The molecule has 0 aliphatic carbocycles. The van der Waals surface area contributed by atoms with Crippen LogP contribution in [0.15, 0.2) is 17.8 Å². The molecule has 0 fully saturated rings. The second kappa shape index (κ2) is 5.74. The molecule has 0 radical (unpaired) electrons. The summed E-state index contributed by atoms with van der Waals surface area (Å²) in [5.74, 6) is -0.0717. The van der Waals surface area contributed by atoms with E-state index in [2.05, 4.69) is 15.4 Å². The van der Waals surface area contributed by atoms with Crippen LogP contribution in [0.25, 0.3) is 0 Å². The Morgan fingerprint density at radius 2 is 2.44 bits per heavy atom. The molecule has 0 spiro atoms. The lowest BCUT2D eigenvalue weighted by Gasteiger charge is -2.00. The predicted octanol–water partition coefficient (Wildman–Crippen LogP) is 0.907. The van der Waals surface area contributed by atoms with E-state index in [0.29, 0.717) is 12.1 Å². The van der Waals surface area contributed by atoms with Gasteiger partial charge in [0.2, 0.25) is 0 Å². The van der Waals surface area contributed by atoms with E-state index in [4.69, 9.17) is 5.11 Å². The van der Waals surface area contributed by atoms with E-state index < -0.39 is 5.97 Å². The van der Waals surface area contributed by atoms with Crippen LogP contribution in [0.5, 0.6) is 0 Å². The summed E-state index contributed by atoms with van der Waals surface area (Å²) >= 11 is 1.45. The zero-order chi connectivity index (χ0) is 13.0. The highest BCUT2D eigenvalue weighted by Crippen LogP contribution is 2.14. The van der Waals surface area contributed by atoms with Gasteiger partial charge in [-0.25, -0.2) is 9.78 Å². The van der Waals surface area contributed by atoms with Crippen LogP contribution in [0.4, 0.5) is 0 Å². The molecule has 0 unspecified atom stereocenters. The molecule has 2 aromatic heterocycles. The number of carboxylic acids is 1. The maximum absolute atomic E-state index is 10.7. The van der Waals surface area contributed by atoms with E-state index >= 15 is 0 Å². The molecule has 2 aromatic rings. The highest BCUT2D eigenvalue weighted by molar-refractivity contribution is 7.10. The quantitative estimate of drug-likeness (QED) is 0.760. The highest BCUT2D eigenvalue weighted by Gasteiger charge is 2.06. The molecule has 96 valence electrons. The van der Waals surface area contributed by atoms with Gasteiger partial charge in [0.05, 0.1) is 5.56 Å². The first kappa shape index (κ1) is 12.7. The van der Waals surface area contributed by atoms with Crippen molar-refractivity contribution in [1.29, 1.82) is 0 Å². The second-order valence-electron chi connectivity index (χ2n) is 3.87. The Morgan fingerprint density at radius 1 is 1.61 bits per heavy atom. The van der Waals surface area contributed by atoms with Gasteiger partial charge in [0.15, 0.2) is 5.82 Å². The van der Waals surface area contributed by atoms with Gasteiger partial charge in [-0.1, -0.05) is 0 Å². The molecule has 0 aliphatic rings. The number of hydrogen-bond acceptors (Lipinski definition) is 5. The maximum Gasteiger partial charge on any atom is 0.336 e. The number of carbonyl (C=O) groups is 1. The zero-order valence-electron chi connectivity index (χ0n) is 9.96. The van der Waals surface area contributed by atoms with Crippen molar-refractivity contribution >= 4 is 17.3 Å². The first-order valence-electron chi connectivity index (χ1n) is 5.51. The summed E-state index contributed by atoms with van der Waals surface area (Å²) in [7, 11) is 1.84. The minimum Gasteiger partial charge on any atom is -0.478 e. The van der Waals surface area contributed by atoms with Crippen LogP contribution in [0, 0.1) is 0 Å². The highest BCUT2D eigenvalue weighted by atomic mass is 32.1. The van der Waals surface area contributed by atoms with Crippen molar-refractivity contribution < 1.29 is 9.90 Å². The molecule has 0 atom stereocenters. The lowest BCUT2D eigenvalue weighted by Crippen LogP contribution is -2.16. The Hall–Kier alpha value is -1.73. The number of hydrogen-bond donors (Lipinski definition) is 2. The average Bonchev–Trinajstić information content (AvgIpc) is 2.93. The van der Waals surface area contributed by atoms with Gasteiger partial charge >= 0.3 is 5.97 Å². The topological polar surface area (TPSA) is 80.0 Å². The van der Waals surface area contributed by atoms with Crippen LogP contribution < -0.4 is 5.32 Å². The van der Waals surface area contributed by atoms with E-state index in [1.165, 1.54) is 11.3 Å². The van der Waals surface area contributed by atoms with Crippen LogP contribution in [-0.4, -0.2) is 32.4 Å². The first-order valence-corrected chi connectivity index (χ1v) is 6.39. The van der Waals surface area contributed by atoms with Gasteiger partial charge in [-0.05, 0) is 6.07 Å². The molecule has 0 saturated heterocycles. The summed E-state index contributed by atoms with van der Waals surface area (Å²) < 4.78 is 1.67. The van der Waals surface area contributed by atoms with Crippen molar-refractivity contribution in [3.63, 3.8) is 0 Å². The van der Waals surface area contributed by atoms with Gasteiger partial charge in [0.1, 0.15) is 6.33 Å². The average molecular weight is 266 g/mol. The Bertz CT molecular complexity index is 535. The van der Waals surface area contributed by atoms with Gasteiger partial charge < -0.3 is 10.4 Å². The molecule has 0 aromatic carbocycles. The largest absolute Gasteiger partial charge is 0.478 e. The van der Waals surface area contributed by atoms with Gasteiger partial charge in [-0.3, -0.25) is 4.68 Å². The van der Waals surface area contributed by atoms with Crippen LogP contribution in [-0.2, 0) is 20.0 Å². The third-order valence-corrected chi connectivity index (χ3v) is 3.31. The van der Waals surface area contributed by atoms with E-state index in [-0.39, 0.29) is 0 Å². The monoisotopic (exact) mass is 266 g/mol. The summed E-state index contributed by atoms with van der Waals surface area (Å²) in [6.45, 7) is 1.44. The summed E-state index contributed by atoms with van der Waals surface area (Å²) in [6.07, 6.45) is 2.44. The van der Waals surface area contributed by atoms with Crippen molar-refractivity contribution in [2.45, 2.75) is 13.0 Å². The summed E-state index contributed by atoms with van der Waals surface area (Å²) in [6, 6.07) is 1.69. The van der Waals surface area contributed by atoms with Crippen molar-refractivity contribution in [1.82, 2.24) is 20.1 Å². The molecule has 0 bridgehead atoms. The number of aryl methyl sites for hydroxylation is 1. The Balaban J connectivity index is 1.73. The Labute approximate surface area is 108 Å². The smallest absolute Gasteiger partial charge is 0.336 e. The number of nitrogens with one attached hydrogen (secondary N) is 1. The van der Waals surface area contributed by atoms with E-state index in [9.17, 15) is 4.79 Å².